The molecule has 0 N–H and O–H groups in total. The van der Waals surface area contributed by atoms with Gasteiger partial charge in [-0.3, -0.25) is 14.4 Å². The normalized spacial score (nSPS) is 22.8. The maximum Gasteiger partial charge on any atom is 0.266 e. The van der Waals surface area contributed by atoms with Crippen molar-refractivity contribution >= 4 is 34.5 Å². The molecule has 3 atom stereocenters. The molecule has 2 aromatic carbocycles. The molecule has 2 saturated heterocycles. The van der Waals surface area contributed by atoms with E-state index in [1.165, 1.54) is 4.90 Å². The van der Waals surface area contributed by atoms with E-state index >= 15 is 0 Å². The largest absolute Gasteiger partial charge is 0.494 e. The Balaban J connectivity index is 1.47. The lowest BCUT2D eigenvalue weighted by Crippen LogP contribution is -2.37. The Labute approximate surface area is 184 Å². The summed E-state index contributed by atoms with van der Waals surface area (Å²) in [6.45, 7) is 2.66. The van der Waals surface area contributed by atoms with Gasteiger partial charge in [-0.15, -0.1) is 11.3 Å². The number of carbonyl (C=O) groups is 2. The van der Waals surface area contributed by atoms with Gasteiger partial charge >= 0.3 is 0 Å². The molecule has 0 spiro atoms. The monoisotopic (exact) mass is 434 g/mol. The quantitative estimate of drug-likeness (QED) is 0.531. The lowest BCUT2D eigenvalue weighted by molar-refractivity contribution is -0.126. The molecule has 31 heavy (non-hydrogen) atoms. The SMILES string of the molecule is CCCOc1ccc(N2C(=O)[C@H]3[C@@H](c4cccs4)N(c4ccccc4)O[C@H]3C2=O)cc1. The molecule has 0 saturated carbocycles. The number of benzene rings is 2. The second kappa shape index (κ2) is 8.17. The fraction of sp³-hybridized carbons (Fsp3) is 0.250. The minimum atomic E-state index is -0.851. The van der Waals surface area contributed by atoms with Crippen molar-refractivity contribution < 1.29 is 19.2 Å². The van der Waals surface area contributed by atoms with Crippen LogP contribution in [0.25, 0.3) is 0 Å². The molecule has 3 heterocycles. The average Bonchev–Trinajstić information content (AvgIpc) is 3.51. The molecule has 2 aliphatic heterocycles. The second-order valence-corrected chi connectivity index (χ2v) is 8.51. The number of nitrogens with zero attached hydrogens (tertiary/aromatic N) is 2. The zero-order valence-corrected chi connectivity index (χ0v) is 17.8. The highest BCUT2D eigenvalue weighted by molar-refractivity contribution is 7.10. The number of amides is 2. The zero-order valence-electron chi connectivity index (χ0n) is 17.0. The van der Waals surface area contributed by atoms with Crippen LogP contribution in [0.5, 0.6) is 5.75 Å². The third-order valence-electron chi connectivity index (χ3n) is 5.53. The van der Waals surface area contributed by atoms with Gasteiger partial charge < -0.3 is 4.74 Å². The van der Waals surface area contributed by atoms with E-state index in [1.54, 1.807) is 40.7 Å². The smallest absolute Gasteiger partial charge is 0.266 e. The van der Waals surface area contributed by atoms with Crippen molar-refractivity contribution in [1.82, 2.24) is 0 Å². The predicted molar refractivity (Wildman–Crippen MR) is 119 cm³/mol. The molecular formula is C24H22N2O4S. The van der Waals surface area contributed by atoms with E-state index in [0.29, 0.717) is 18.0 Å². The number of thiophene rings is 1. The van der Waals surface area contributed by atoms with Crippen LogP contribution in [-0.4, -0.2) is 24.5 Å². The van der Waals surface area contributed by atoms with Crippen LogP contribution in [0, 0.1) is 5.92 Å². The molecule has 1 aromatic heterocycles. The molecule has 0 bridgehead atoms. The first-order chi connectivity index (χ1) is 15.2. The van der Waals surface area contributed by atoms with Crippen molar-refractivity contribution in [3.63, 3.8) is 0 Å². The highest BCUT2D eigenvalue weighted by Crippen LogP contribution is 2.48. The van der Waals surface area contributed by atoms with Gasteiger partial charge in [-0.05, 0) is 54.3 Å². The summed E-state index contributed by atoms with van der Waals surface area (Å²) in [6, 6.07) is 20.2. The number of hydrogen-bond donors (Lipinski definition) is 0. The van der Waals surface area contributed by atoms with E-state index in [0.717, 1.165) is 17.0 Å². The Morgan fingerprint density at radius 2 is 1.71 bits per heavy atom. The molecule has 6 nitrogen and oxygen atoms in total. The summed E-state index contributed by atoms with van der Waals surface area (Å²) in [5.41, 5.74) is 1.35. The Kier molecular flexibility index (Phi) is 5.21. The Bertz CT molecular complexity index is 1070. The average molecular weight is 435 g/mol. The van der Waals surface area contributed by atoms with Gasteiger partial charge in [0.25, 0.3) is 5.91 Å². The lowest BCUT2D eigenvalue weighted by Gasteiger charge is -2.27. The van der Waals surface area contributed by atoms with Crippen LogP contribution < -0.4 is 14.7 Å². The zero-order chi connectivity index (χ0) is 21.4. The highest BCUT2D eigenvalue weighted by Gasteiger charge is 2.60. The van der Waals surface area contributed by atoms with Crippen LogP contribution in [0.1, 0.15) is 24.3 Å². The maximum atomic E-state index is 13.5. The number of imide groups is 1. The van der Waals surface area contributed by atoms with Crippen LogP contribution in [0.3, 0.4) is 0 Å². The van der Waals surface area contributed by atoms with E-state index in [9.17, 15) is 9.59 Å². The van der Waals surface area contributed by atoms with Crippen molar-refractivity contribution in [3.8, 4) is 5.75 Å². The Hall–Kier alpha value is -3.16. The topological polar surface area (TPSA) is 59.1 Å². The Morgan fingerprint density at radius 3 is 2.39 bits per heavy atom. The van der Waals surface area contributed by atoms with E-state index in [-0.39, 0.29) is 17.9 Å². The second-order valence-electron chi connectivity index (χ2n) is 7.53. The molecule has 2 amide bonds. The van der Waals surface area contributed by atoms with Crippen molar-refractivity contribution in [3.05, 3.63) is 77.0 Å². The number of para-hydroxylation sites is 1. The first-order valence-electron chi connectivity index (χ1n) is 10.3. The van der Waals surface area contributed by atoms with Crippen molar-refractivity contribution in [2.24, 2.45) is 5.92 Å². The standard InChI is InChI=1S/C24H22N2O4S/c1-2-14-29-18-12-10-16(11-13-18)25-23(27)20-21(19-9-6-15-31-19)26(30-22(20)24(25)28)17-7-4-3-5-8-17/h3-13,15,20-22H,2,14H2,1H3/t20-,21+,22+/m0/s1. The number of anilines is 2. The molecule has 0 aliphatic carbocycles. The minimum Gasteiger partial charge on any atom is -0.494 e. The molecule has 2 aliphatic rings. The van der Waals surface area contributed by atoms with Gasteiger partial charge in [0.2, 0.25) is 5.91 Å². The minimum absolute atomic E-state index is 0.242. The fourth-order valence-electron chi connectivity index (χ4n) is 4.13. The molecule has 7 heteroatoms. The van der Waals surface area contributed by atoms with E-state index in [4.69, 9.17) is 9.57 Å². The van der Waals surface area contributed by atoms with E-state index in [1.807, 2.05) is 54.8 Å². The number of hydroxylamine groups is 1. The van der Waals surface area contributed by atoms with Crippen LogP contribution in [0.2, 0.25) is 0 Å². The molecule has 2 fully saturated rings. The number of rotatable bonds is 6. The van der Waals surface area contributed by atoms with Crippen LogP contribution in [0.4, 0.5) is 11.4 Å². The van der Waals surface area contributed by atoms with Gasteiger partial charge in [-0.1, -0.05) is 31.2 Å². The van der Waals surface area contributed by atoms with Gasteiger partial charge in [0, 0.05) is 4.88 Å². The summed E-state index contributed by atoms with van der Waals surface area (Å²) in [5.74, 6) is -0.471. The van der Waals surface area contributed by atoms with Gasteiger partial charge in [-0.2, -0.15) is 0 Å². The van der Waals surface area contributed by atoms with Crippen molar-refractivity contribution in [2.45, 2.75) is 25.5 Å². The third-order valence-corrected chi connectivity index (χ3v) is 6.47. The predicted octanol–water partition coefficient (Wildman–Crippen LogP) is 4.59. The summed E-state index contributed by atoms with van der Waals surface area (Å²) in [6.07, 6.45) is 0.0592. The van der Waals surface area contributed by atoms with E-state index < -0.39 is 12.0 Å². The summed E-state index contributed by atoms with van der Waals surface area (Å²) in [5, 5.41) is 3.69. The fourth-order valence-corrected chi connectivity index (χ4v) is 4.98. The molecular weight excluding hydrogens is 412 g/mol. The highest BCUT2D eigenvalue weighted by atomic mass is 32.1. The first kappa shape index (κ1) is 19.8. The van der Waals surface area contributed by atoms with Crippen LogP contribution in [0.15, 0.2) is 72.1 Å². The molecule has 158 valence electrons. The van der Waals surface area contributed by atoms with Gasteiger partial charge in [0.1, 0.15) is 17.7 Å². The number of hydrogen-bond acceptors (Lipinski definition) is 6. The summed E-state index contributed by atoms with van der Waals surface area (Å²) < 4.78 is 5.61. The molecule has 3 aromatic rings. The van der Waals surface area contributed by atoms with Crippen molar-refractivity contribution in [2.75, 3.05) is 16.6 Å². The molecule has 0 unspecified atom stereocenters. The van der Waals surface area contributed by atoms with Gasteiger partial charge in [-0.25, -0.2) is 9.96 Å². The van der Waals surface area contributed by atoms with E-state index in [2.05, 4.69) is 0 Å². The number of carbonyl (C=O) groups excluding carboxylic acids is 2. The van der Waals surface area contributed by atoms with Crippen LogP contribution >= 0.6 is 11.3 Å². The van der Waals surface area contributed by atoms with Crippen molar-refractivity contribution in [1.29, 1.82) is 0 Å². The lowest BCUT2D eigenvalue weighted by atomic mass is 9.95. The third kappa shape index (κ3) is 3.40. The number of fused-ring (bicyclic) bond motifs is 1. The maximum absolute atomic E-state index is 13.5. The Morgan fingerprint density at radius 1 is 0.935 bits per heavy atom. The van der Waals surface area contributed by atoms with Gasteiger partial charge in [0.15, 0.2) is 6.10 Å². The van der Waals surface area contributed by atoms with Crippen LogP contribution in [-0.2, 0) is 14.4 Å². The summed E-state index contributed by atoms with van der Waals surface area (Å²) in [4.78, 5) is 35.1. The van der Waals surface area contributed by atoms with Gasteiger partial charge in [0.05, 0.1) is 18.0 Å². The molecule has 5 rings (SSSR count). The summed E-state index contributed by atoms with van der Waals surface area (Å²) in [7, 11) is 0. The molecule has 0 radical (unpaired) electrons. The summed E-state index contributed by atoms with van der Waals surface area (Å²) >= 11 is 1.56. The number of ether oxygens (including phenoxy) is 1. The first-order valence-corrected chi connectivity index (χ1v) is 11.2.